The molecule has 0 saturated carbocycles. The lowest BCUT2D eigenvalue weighted by atomic mass is 10.3. The van der Waals surface area contributed by atoms with Crippen molar-refractivity contribution in [3.8, 4) is 5.75 Å². The third kappa shape index (κ3) is 4.14. The van der Waals surface area contributed by atoms with Crippen molar-refractivity contribution in [2.24, 2.45) is 0 Å². The summed E-state index contributed by atoms with van der Waals surface area (Å²) in [5.41, 5.74) is 6.14. The highest BCUT2D eigenvalue weighted by molar-refractivity contribution is 5.85. The number of halogens is 1. The standard InChI is InChI=1S/C10H13NO2.ClH/c1-2-3-10(12)13-9-6-4-8(11)5-7-9;/h4-7H,2-3,11H2,1H3;1H. The number of esters is 1. The quantitative estimate of drug-likeness (QED) is 0.479. The van der Waals surface area contributed by atoms with Crippen molar-refractivity contribution in [3.63, 3.8) is 0 Å². The van der Waals surface area contributed by atoms with Gasteiger partial charge in [0.2, 0.25) is 0 Å². The van der Waals surface area contributed by atoms with Gasteiger partial charge in [0.15, 0.2) is 0 Å². The van der Waals surface area contributed by atoms with Gasteiger partial charge in [0.05, 0.1) is 0 Å². The summed E-state index contributed by atoms with van der Waals surface area (Å²) in [6.07, 6.45) is 1.25. The lowest BCUT2D eigenvalue weighted by Gasteiger charge is -2.02. The maximum atomic E-state index is 11.0. The number of nitrogens with two attached hydrogens (primary N) is 1. The molecule has 0 aliphatic rings. The van der Waals surface area contributed by atoms with Gasteiger partial charge in [-0.15, -0.1) is 12.4 Å². The van der Waals surface area contributed by atoms with E-state index in [1.165, 1.54) is 0 Å². The molecule has 14 heavy (non-hydrogen) atoms. The van der Waals surface area contributed by atoms with E-state index >= 15 is 0 Å². The molecule has 0 fully saturated rings. The fourth-order valence-corrected chi connectivity index (χ4v) is 0.922. The number of rotatable bonds is 3. The fraction of sp³-hybridized carbons (Fsp3) is 0.300. The van der Waals surface area contributed by atoms with Crippen LogP contribution in [0.15, 0.2) is 24.3 Å². The van der Waals surface area contributed by atoms with E-state index in [-0.39, 0.29) is 18.4 Å². The topological polar surface area (TPSA) is 52.3 Å². The van der Waals surface area contributed by atoms with E-state index < -0.39 is 0 Å². The first-order chi connectivity index (χ1) is 6.22. The van der Waals surface area contributed by atoms with Crippen molar-refractivity contribution < 1.29 is 9.53 Å². The van der Waals surface area contributed by atoms with Gasteiger partial charge < -0.3 is 10.5 Å². The molecular weight excluding hydrogens is 202 g/mol. The van der Waals surface area contributed by atoms with E-state index in [0.717, 1.165) is 6.42 Å². The minimum atomic E-state index is -0.202. The van der Waals surface area contributed by atoms with E-state index in [4.69, 9.17) is 10.5 Å². The Morgan fingerprint density at radius 3 is 2.43 bits per heavy atom. The highest BCUT2D eigenvalue weighted by atomic mass is 35.5. The molecule has 1 aromatic rings. The SMILES string of the molecule is CCCC(=O)Oc1ccc(N)cc1.Cl. The maximum absolute atomic E-state index is 11.0. The molecule has 78 valence electrons. The second kappa shape index (κ2) is 6.27. The molecule has 2 N–H and O–H groups in total. The molecule has 1 rings (SSSR count). The van der Waals surface area contributed by atoms with Crippen LogP contribution < -0.4 is 10.5 Å². The molecule has 0 aromatic heterocycles. The lowest BCUT2D eigenvalue weighted by Crippen LogP contribution is -2.06. The molecule has 0 radical (unpaired) electrons. The summed E-state index contributed by atoms with van der Waals surface area (Å²) in [5, 5.41) is 0. The number of hydrogen-bond donors (Lipinski definition) is 1. The Labute approximate surface area is 89.7 Å². The molecule has 0 unspecified atom stereocenters. The van der Waals surface area contributed by atoms with Crippen LogP contribution >= 0.6 is 12.4 Å². The predicted octanol–water partition coefficient (Wildman–Crippen LogP) is 2.40. The Morgan fingerprint density at radius 1 is 1.36 bits per heavy atom. The maximum Gasteiger partial charge on any atom is 0.311 e. The van der Waals surface area contributed by atoms with Crippen molar-refractivity contribution in [2.45, 2.75) is 19.8 Å². The zero-order valence-corrected chi connectivity index (χ0v) is 8.84. The summed E-state index contributed by atoms with van der Waals surface area (Å²) in [6, 6.07) is 6.77. The van der Waals surface area contributed by atoms with Crippen LogP contribution in [0.5, 0.6) is 5.75 Å². The Bertz CT molecular complexity index is 285. The van der Waals surface area contributed by atoms with Crippen molar-refractivity contribution in [3.05, 3.63) is 24.3 Å². The minimum absolute atomic E-state index is 0. The second-order valence-electron chi connectivity index (χ2n) is 2.79. The van der Waals surface area contributed by atoms with E-state index in [1.807, 2.05) is 6.92 Å². The first-order valence-corrected chi connectivity index (χ1v) is 4.28. The Balaban J connectivity index is 0.00000169. The predicted molar refractivity (Wildman–Crippen MR) is 58.6 cm³/mol. The molecule has 1 aromatic carbocycles. The molecule has 0 heterocycles. The van der Waals surface area contributed by atoms with Crippen LogP contribution in [0.4, 0.5) is 5.69 Å². The van der Waals surface area contributed by atoms with Gasteiger partial charge in [-0.05, 0) is 30.7 Å². The van der Waals surface area contributed by atoms with Crippen molar-refractivity contribution in [2.75, 3.05) is 5.73 Å². The van der Waals surface area contributed by atoms with Crippen LogP contribution in [0, 0.1) is 0 Å². The van der Waals surface area contributed by atoms with Gasteiger partial charge in [0.1, 0.15) is 5.75 Å². The summed E-state index contributed by atoms with van der Waals surface area (Å²) < 4.78 is 5.02. The number of nitrogen functional groups attached to an aromatic ring is 1. The molecule has 0 atom stereocenters. The number of ether oxygens (including phenoxy) is 1. The number of carbonyl (C=O) groups is 1. The minimum Gasteiger partial charge on any atom is -0.427 e. The summed E-state index contributed by atoms with van der Waals surface area (Å²) in [7, 11) is 0. The lowest BCUT2D eigenvalue weighted by molar-refractivity contribution is -0.134. The molecule has 3 nitrogen and oxygen atoms in total. The van der Waals surface area contributed by atoms with E-state index in [1.54, 1.807) is 24.3 Å². The second-order valence-corrected chi connectivity index (χ2v) is 2.79. The van der Waals surface area contributed by atoms with Crippen molar-refractivity contribution >= 4 is 24.1 Å². The van der Waals surface area contributed by atoms with Gasteiger partial charge in [-0.25, -0.2) is 0 Å². The largest absolute Gasteiger partial charge is 0.427 e. The zero-order valence-electron chi connectivity index (χ0n) is 8.03. The molecule has 0 spiro atoms. The van der Waals surface area contributed by atoms with Crippen LogP contribution in [0.25, 0.3) is 0 Å². The summed E-state index contributed by atoms with van der Waals surface area (Å²) >= 11 is 0. The number of hydrogen-bond acceptors (Lipinski definition) is 3. The Hall–Kier alpha value is -1.22. The first kappa shape index (κ1) is 12.8. The van der Waals surface area contributed by atoms with E-state index in [0.29, 0.717) is 17.9 Å². The Kier molecular flexibility index (Phi) is 5.72. The van der Waals surface area contributed by atoms with E-state index in [2.05, 4.69) is 0 Å². The highest BCUT2D eigenvalue weighted by Gasteiger charge is 2.01. The third-order valence-electron chi connectivity index (χ3n) is 1.57. The molecule has 0 amide bonds. The molecule has 0 saturated heterocycles. The summed E-state index contributed by atoms with van der Waals surface area (Å²) in [5.74, 6) is 0.347. The van der Waals surface area contributed by atoms with Gasteiger partial charge in [-0.3, -0.25) is 4.79 Å². The zero-order chi connectivity index (χ0) is 9.68. The Morgan fingerprint density at radius 2 is 1.93 bits per heavy atom. The molecule has 0 aliphatic carbocycles. The molecule has 0 bridgehead atoms. The van der Waals surface area contributed by atoms with Gasteiger partial charge in [-0.2, -0.15) is 0 Å². The van der Waals surface area contributed by atoms with E-state index in [9.17, 15) is 4.79 Å². The van der Waals surface area contributed by atoms with Crippen molar-refractivity contribution in [1.82, 2.24) is 0 Å². The van der Waals surface area contributed by atoms with Gasteiger partial charge in [-0.1, -0.05) is 6.92 Å². The van der Waals surface area contributed by atoms with Gasteiger partial charge >= 0.3 is 5.97 Å². The summed E-state index contributed by atoms with van der Waals surface area (Å²) in [4.78, 5) is 11.0. The van der Waals surface area contributed by atoms with Crippen LogP contribution in [0.2, 0.25) is 0 Å². The highest BCUT2D eigenvalue weighted by Crippen LogP contribution is 2.13. The smallest absolute Gasteiger partial charge is 0.311 e. The number of anilines is 1. The third-order valence-corrected chi connectivity index (χ3v) is 1.57. The molecule has 0 aliphatic heterocycles. The summed E-state index contributed by atoms with van der Waals surface area (Å²) in [6.45, 7) is 1.93. The van der Waals surface area contributed by atoms with Gasteiger partial charge in [0, 0.05) is 12.1 Å². The van der Waals surface area contributed by atoms with Crippen LogP contribution in [0.1, 0.15) is 19.8 Å². The number of benzene rings is 1. The average molecular weight is 216 g/mol. The fourth-order valence-electron chi connectivity index (χ4n) is 0.922. The average Bonchev–Trinajstić information content (AvgIpc) is 2.09. The van der Waals surface area contributed by atoms with Gasteiger partial charge in [0.25, 0.3) is 0 Å². The molecule has 4 heteroatoms. The molecular formula is C10H14ClNO2. The van der Waals surface area contributed by atoms with Crippen LogP contribution in [-0.2, 0) is 4.79 Å². The van der Waals surface area contributed by atoms with Crippen LogP contribution in [0.3, 0.4) is 0 Å². The normalized spacial score (nSPS) is 8.93. The van der Waals surface area contributed by atoms with Crippen molar-refractivity contribution in [1.29, 1.82) is 0 Å². The first-order valence-electron chi connectivity index (χ1n) is 4.28. The number of carbonyl (C=O) groups excluding carboxylic acids is 1. The monoisotopic (exact) mass is 215 g/mol. The van der Waals surface area contributed by atoms with Crippen LogP contribution in [-0.4, -0.2) is 5.97 Å².